The van der Waals surface area contributed by atoms with E-state index in [1.807, 2.05) is 4.90 Å². The average Bonchev–Trinajstić information content (AvgIpc) is 3.24. The summed E-state index contributed by atoms with van der Waals surface area (Å²) in [6.07, 6.45) is 5.45. The van der Waals surface area contributed by atoms with Gasteiger partial charge in [0, 0.05) is 32.4 Å². The number of carbonyl (C=O) groups is 3. The first-order valence-electron chi connectivity index (χ1n) is 8.76. The Morgan fingerprint density at radius 1 is 1.21 bits per heavy atom. The molecule has 0 atom stereocenters. The highest BCUT2D eigenvalue weighted by atomic mass is 32.2. The van der Waals surface area contributed by atoms with Crippen LogP contribution in [0.2, 0.25) is 0 Å². The molecular weight excluding hydrogens is 382 g/mol. The van der Waals surface area contributed by atoms with Gasteiger partial charge in [-0.05, 0) is 42.5 Å². The monoisotopic (exact) mass is 399 g/mol. The molecule has 28 heavy (non-hydrogen) atoms. The maximum absolute atomic E-state index is 12.5. The summed E-state index contributed by atoms with van der Waals surface area (Å²) in [4.78, 5) is 48.3. The van der Waals surface area contributed by atoms with Crippen molar-refractivity contribution in [3.05, 3.63) is 47.0 Å². The van der Waals surface area contributed by atoms with E-state index < -0.39 is 5.91 Å². The summed E-state index contributed by atoms with van der Waals surface area (Å²) in [6, 6.07) is 5.03. The van der Waals surface area contributed by atoms with Crippen LogP contribution in [0, 0.1) is 0 Å². The fraction of sp³-hybridized carbons (Fsp3) is 0.278. The maximum atomic E-state index is 12.5. The Labute approximate surface area is 164 Å². The highest BCUT2D eigenvalue weighted by Crippen LogP contribution is 2.25. The van der Waals surface area contributed by atoms with Gasteiger partial charge in [-0.3, -0.25) is 19.7 Å². The Kier molecular flexibility index (Phi) is 5.11. The average molecular weight is 399 g/mol. The number of thioether (sulfide) groups is 1. The second kappa shape index (κ2) is 7.85. The van der Waals surface area contributed by atoms with Gasteiger partial charge in [0.15, 0.2) is 5.76 Å². The molecule has 2 aromatic rings. The van der Waals surface area contributed by atoms with E-state index in [0.717, 1.165) is 18.2 Å². The zero-order chi connectivity index (χ0) is 19.5. The third-order valence-corrected chi connectivity index (χ3v) is 5.19. The van der Waals surface area contributed by atoms with E-state index >= 15 is 0 Å². The minimum absolute atomic E-state index is 0.125. The van der Waals surface area contributed by atoms with Gasteiger partial charge in [0.05, 0.1) is 16.9 Å². The molecule has 2 aromatic heterocycles. The lowest BCUT2D eigenvalue weighted by atomic mass is 10.3. The van der Waals surface area contributed by atoms with Gasteiger partial charge >= 0.3 is 0 Å². The van der Waals surface area contributed by atoms with Gasteiger partial charge in [0.25, 0.3) is 17.1 Å². The normalized spacial score (nSPS) is 19.1. The number of amides is 3. The molecule has 2 aliphatic heterocycles. The standard InChI is InChI=1S/C18H17N5O4S/c24-15-14(28-18(26)21-15)11-12-4-5-19-17(20-12)23-7-2-6-22(8-9-23)16(25)13-3-1-10-27-13/h1,3-5,10-11H,2,6-9H2,(H,21,24,26). The van der Waals surface area contributed by atoms with Gasteiger partial charge < -0.3 is 14.2 Å². The highest BCUT2D eigenvalue weighted by molar-refractivity contribution is 8.18. The number of aromatic nitrogens is 2. The summed E-state index contributed by atoms with van der Waals surface area (Å²) >= 11 is 0.850. The largest absolute Gasteiger partial charge is 0.459 e. The van der Waals surface area contributed by atoms with Crippen LogP contribution in [0.4, 0.5) is 10.7 Å². The summed E-state index contributed by atoms with van der Waals surface area (Å²) in [5, 5.41) is 1.83. The lowest BCUT2D eigenvalue weighted by molar-refractivity contribution is -0.115. The van der Waals surface area contributed by atoms with E-state index in [2.05, 4.69) is 15.3 Å². The Balaban J connectivity index is 1.46. The minimum Gasteiger partial charge on any atom is -0.459 e. The van der Waals surface area contributed by atoms with Crippen LogP contribution in [0.15, 0.2) is 40.0 Å². The molecule has 0 aromatic carbocycles. The third kappa shape index (κ3) is 3.91. The van der Waals surface area contributed by atoms with E-state index in [9.17, 15) is 14.4 Å². The van der Waals surface area contributed by atoms with Gasteiger partial charge in [0.2, 0.25) is 5.95 Å². The lowest BCUT2D eigenvalue weighted by Gasteiger charge is -2.21. The molecule has 9 nitrogen and oxygen atoms in total. The number of furan rings is 1. The number of nitrogens with zero attached hydrogens (tertiary/aromatic N) is 4. The van der Waals surface area contributed by atoms with Crippen LogP contribution in [0.3, 0.4) is 0 Å². The molecule has 0 bridgehead atoms. The van der Waals surface area contributed by atoms with Crippen LogP contribution in [0.25, 0.3) is 6.08 Å². The Hall–Kier alpha value is -3.14. The molecule has 144 valence electrons. The molecule has 0 saturated carbocycles. The molecule has 2 fully saturated rings. The fourth-order valence-electron chi connectivity index (χ4n) is 3.03. The predicted octanol–water partition coefficient (Wildman–Crippen LogP) is 1.75. The van der Waals surface area contributed by atoms with Crippen LogP contribution in [0.1, 0.15) is 22.7 Å². The Morgan fingerprint density at radius 3 is 2.86 bits per heavy atom. The van der Waals surface area contributed by atoms with Gasteiger partial charge in [-0.2, -0.15) is 0 Å². The van der Waals surface area contributed by atoms with Gasteiger partial charge in [-0.1, -0.05) is 0 Å². The molecule has 2 saturated heterocycles. The first-order chi connectivity index (χ1) is 13.6. The minimum atomic E-state index is -0.419. The number of anilines is 1. The molecule has 0 aliphatic carbocycles. The maximum Gasteiger partial charge on any atom is 0.290 e. The second-order valence-corrected chi connectivity index (χ2v) is 7.26. The van der Waals surface area contributed by atoms with E-state index in [0.29, 0.717) is 48.5 Å². The molecule has 3 amide bonds. The van der Waals surface area contributed by atoms with Crippen molar-refractivity contribution in [1.29, 1.82) is 0 Å². The van der Waals surface area contributed by atoms with Crippen molar-refractivity contribution in [1.82, 2.24) is 20.2 Å². The quantitative estimate of drug-likeness (QED) is 0.778. The van der Waals surface area contributed by atoms with Crippen molar-refractivity contribution in [2.75, 3.05) is 31.1 Å². The number of hydrogen-bond donors (Lipinski definition) is 1. The second-order valence-electron chi connectivity index (χ2n) is 6.24. The van der Waals surface area contributed by atoms with Crippen molar-refractivity contribution in [2.24, 2.45) is 0 Å². The molecule has 10 heteroatoms. The summed E-state index contributed by atoms with van der Waals surface area (Å²) in [7, 11) is 0. The zero-order valence-corrected chi connectivity index (χ0v) is 15.6. The zero-order valence-electron chi connectivity index (χ0n) is 14.8. The van der Waals surface area contributed by atoms with E-state index in [4.69, 9.17) is 4.42 Å². The topological polar surface area (TPSA) is 109 Å². The van der Waals surface area contributed by atoms with E-state index in [1.54, 1.807) is 35.4 Å². The molecule has 2 aliphatic rings. The molecule has 0 unspecified atom stereocenters. The number of carbonyl (C=O) groups excluding carboxylic acids is 3. The van der Waals surface area contributed by atoms with Gasteiger partial charge in [-0.25, -0.2) is 9.97 Å². The molecule has 4 rings (SSSR count). The van der Waals surface area contributed by atoms with Crippen LogP contribution < -0.4 is 10.2 Å². The lowest BCUT2D eigenvalue weighted by Crippen LogP contribution is -2.35. The first kappa shape index (κ1) is 18.2. The number of rotatable bonds is 3. The molecule has 0 spiro atoms. The van der Waals surface area contributed by atoms with Crippen molar-refractivity contribution >= 4 is 40.8 Å². The summed E-state index contributed by atoms with van der Waals surface area (Å²) in [6.45, 7) is 2.44. The van der Waals surface area contributed by atoms with Gasteiger partial charge in [0.1, 0.15) is 0 Å². The van der Waals surface area contributed by atoms with E-state index in [1.165, 1.54) is 6.26 Å². The smallest absolute Gasteiger partial charge is 0.290 e. The number of hydrogen-bond acceptors (Lipinski definition) is 8. The Morgan fingerprint density at radius 2 is 2.11 bits per heavy atom. The van der Waals surface area contributed by atoms with Crippen LogP contribution >= 0.6 is 11.8 Å². The van der Waals surface area contributed by atoms with Crippen molar-refractivity contribution < 1.29 is 18.8 Å². The molecule has 0 radical (unpaired) electrons. The van der Waals surface area contributed by atoms with Crippen LogP contribution in [-0.2, 0) is 4.79 Å². The number of imide groups is 1. The SMILES string of the molecule is O=C1NC(=O)C(=Cc2ccnc(N3CCCN(C(=O)c4ccco4)CC3)n2)S1. The summed E-state index contributed by atoms with van der Waals surface area (Å²) in [5.74, 6) is 0.314. The molecular formula is C18H17N5O4S. The molecule has 1 N–H and O–H groups in total. The van der Waals surface area contributed by atoms with Crippen LogP contribution in [-0.4, -0.2) is 58.1 Å². The Bertz CT molecular complexity index is 943. The highest BCUT2D eigenvalue weighted by Gasteiger charge is 2.26. The van der Waals surface area contributed by atoms with Crippen LogP contribution in [0.5, 0.6) is 0 Å². The predicted molar refractivity (Wildman–Crippen MR) is 103 cm³/mol. The first-order valence-corrected chi connectivity index (χ1v) is 9.57. The fourth-order valence-corrected chi connectivity index (χ4v) is 3.69. The molecule has 4 heterocycles. The summed E-state index contributed by atoms with van der Waals surface area (Å²) in [5.41, 5.74) is 0.546. The van der Waals surface area contributed by atoms with Gasteiger partial charge in [-0.15, -0.1) is 0 Å². The number of nitrogens with one attached hydrogen (secondary N) is 1. The van der Waals surface area contributed by atoms with Crippen molar-refractivity contribution in [3.63, 3.8) is 0 Å². The van der Waals surface area contributed by atoms with Crippen molar-refractivity contribution in [3.8, 4) is 0 Å². The summed E-state index contributed by atoms with van der Waals surface area (Å²) < 4.78 is 5.20. The van der Waals surface area contributed by atoms with Crippen molar-refractivity contribution in [2.45, 2.75) is 6.42 Å². The van der Waals surface area contributed by atoms with E-state index in [-0.39, 0.29) is 11.1 Å². The third-order valence-electron chi connectivity index (χ3n) is 4.38.